The van der Waals surface area contributed by atoms with Gasteiger partial charge in [0, 0.05) is 24.9 Å². The van der Waals surface area contributed by atoms with Gasteiger partial charge in [0.05, 0.1) is 25.6 Å². The topological polar surface area (TPSA) is 260 Å². The van der Waals surface area contributed by atoms with E-state index < -0.39 is 73.0 Å². The molecule has 0 radical (unpaired) electrons. The first kappa shape index (κ1) is 32.0. The molecule has 0 bridgehead atoms. The van der Waals surface area contributed by atoms with Crippen molar-refractivity contribution in [1.82, 2.24) is 30.8 Å². The summed E-state index contributed by atoms with van der Waals surface area (Å²) in [7, 11) is 0. The molecular formula is C26H35N7O9. The van der Waals surface area contributed by atoms with E-state index in [1.54, 1.807) is 12.1 Å². The molecule has 2 aromatic rings. The van der Waals surface area contributed by atoms with Crippen LogP contribution in [0.3, 0.4) is 0 Å². The number of aliphatic hydroxyl groups excluding tert-OH is 2. The summed E-state index contributed by atoms with van der Waals surface area (Å²) in [6, 6.07) is -0.210. The van der Waals surface area contributed by atoms with Gasteiger partial charge in [0.15, 0.2) is 0 Å². The van der Waals surface area contributed by atoms with E-state index >= 15 is 0 Å². The molecule has 42 heavy (non-hydrogen) atoms. The lowest BCUT2D eigenvalue weighted by molar-refractivity contribution is -0.144. The third-order valence-corrected chi connectivity index (χ3v) is 6.77. The average Bonchev–Trinajstić information content (AvgIpc) is 3.67. The number of carbonyl (C=O) groups is 5. The number of phenols is 1. The van der Waals surface area contributed by atoms with Crippen LogP contribution in [0.15, 0.2) is 36.8 Å². The summed E-state index contributed by atoms with van der Waals surface area (Å²) in [6.07, 6.45) is 3.72. The van der Waals surface area contributed by atoms with Crippen LogP contribution in [0.25, 0.3) is 0 Å². The molecule has 1 aliphatic heterocycles. The van der Waals surface area contributed by atoms with Crippen LogP contribution in [0.1, 0.15) is 24.1 Å². The van der Waals surface area contributed by atoms with E-state index in [9.17, 15) is 34.2 Å². The number of H-pyrrole nitrogens is 1. The van der Waals surface area contributed by atoms with E-state index in [2.05, 4.69) is 20.6 Å². The predicted molar refractivity (Wildman–Crippen MR) is 144 cm³/mol. The summed E-state index contributed by atoms with van der Waals surface area (Å²) in [5.74, 6) is -4.43. The van der Waals surface area contributed by atoms with E-state index in [0.29, 0.717) is 17.7 Å². The van der Waals surface area contributed by atoms with Crippen molar-refractivity contribution in [3.63, 3.8) is 0 Å². The minimum atomic E-state index is -1.64. The highest BCUT2D eigenvalue weighted by Gasteiger charge is 2.39. The zero-order valence-corrected chi connectivity index (χ0v) is 22.6. The number of rotatable bonds is 14. The number of phenolic OH excluding ortho intramolecular Hbond substituents is 1. The molecule has 3 rings (SSSR count). The molecule has 16 nitrogen and oxygen atoms in total. The number of nitrogens with zero attached hydrogens (tertiary/aromatic N) is 2. The van der Waals surface area contributed by atoms with E-state index in [1.165, 1.54) is 29.6 Å². The monoisotopic (exact) mass is 589 g/mol. The number of aliphatic hydroxyl groups is 2. The maximum absolute atomic E-state index is 13.7. The zero-order chi connectivity index (χ0) is 30.8. The van der Waals surface area contributed by atoms with E-state index in [-0.39, 0.29) is 31.6 Å². The summed E-state index contributed by atoms with van der Waals surface area (Å²) in [6.45, 7) is -1.60. The van der Waals surface area contributed by atoms with E-state index in [4.69, 9.17) is 15.9 Å². The Labute approximate surface area is 240 Å². The van der Waals surface area contributed by atoms with Gasteiger partial charge in [0.25, 0.3) is 0 Å². The van der Waals surface area contributed by atoms with Crippen molar-refractivity contribution in [2.75, 3.05) is 19.8 Å². The minimum Gasteiger partial charge on any atom is -0.508 e. The average molecular weight is 590 g/mol. The van der Waals surface area contributed by atoms with Gasteiger partial charge in [-0.25, -0.2) is 9.78 Å². The Hall–Kier alpha value is -4.54. The first-order valence-corrected chi connectivity index (χ1v) is 13.2. The number of hydrogen-bond acceptors (Lipinski definition) is 10. The molecule has 0 unspecified atom stereocenters. The third kappa shape index (κ3) is 8.48. The van der Waals surface area contributed by atoms with Crippen LogP contribution in [-0.4, -0.2) is 115 Å². The summed E-state index contributed by atoms with van der Waals surface area (Å²) >= 11 is 0. The smallest absolute Gasteiger partial charge is 0.328 e. The molecule has 1 aromatic carbocycles. The van der Waals surface area contributed by atoms with Crippen molar-refractivity contribution in [1.29, 1.82) is 0 Å². The van der Waals surface area contributed by atoms with Crippen LogP contribution in [0.5, 0.6) is 5.75 Å². The standard InChI is InChI=1S/C26H35N7O9/c27-17(8-14-3-5-16(36)6-4-14)22(37)30-18(9-15-10-28-13-29-15)25(40)33-7-1-2-21(33)24(39)31-19(11-34)23(38)32-20(12-35)26(41)42/h3-6,10,13,17-21,34-36H,1-2,7-9,11-12,27H2,(H,28,29)(H,30,37)(H,31,39)(H,32,38)(H,41,42)/t17-,18-,19-,20-,21-/m0/s1. The number of carboxylic acids is 1. The normalized spacial score (nSPS) is 17.5. The van der Waals surface area contributed by atoms with Gasteiger partial charge in [-0.2, -0.15) is 0 Å². The fraction of sp³-hybridized carbons (Fsp3) is 0.462. The molecule has 10 N–H and O–H groups in total. The number of hydrogen-bond donors (Lipinski definition) is 9. The maximum atomic E-state index is 13.7. The number of imidazole rings is 1. The van der Waals surface area contributed by atoms with Crippen molar-refractivity contribution in [3.8, 4) is 5.75 Å². The van der Waals surface area contributed by atoms with E-state index in [0.717, 1.165) is 0 Å². The summed E-state index contributed by atoms with van der Waals surface area (Å²) in [5.41, 5.74) is 7.33. The van der Waals surface area contributed by atoms with Gasteiger partial charge in [-0.15, -0.1) is 0 Å². The summed E-state index contributed by atoms with van der Waals surface area (Å²) in [5, 5.41) is 44.3. The third-order valence-electron chi connectivity index (χ3n) is 6.77. The van der Waals surface area contributed by atoms with Gasteiger partial charge >= 0.3 is 5.97 Å². The van der Waals surface area contributed by atoms with Crippen molar-refractivity contribution >= 4 is 29.6 Å². The SMILES string of the molecule is N[C@@H](Cc1ccc(O)cc1)C(=O)N[C@@H](Cc1cnc[nH]1)C(=O)N1CCC[C@H]1C(=O)N[C@@H](CO)C(=O)N[C@@H](CO)C(=O)O. The van der Waals surface area contributed by atoms with E-state index in [1.807, 2.05) is 5.32 Å². The first-order valence-electron chi connectivity index (χ1n) is 13.2. The molecule has 1 saturated heterocycles. The zero-order valence-electron chi connectivity index (χ0n) is 22.6. The Bertz CT molecular complexity index is 1240. The minimum absolute atomic E-state index is 0.0146. The Kier molecular flexibility index (Phi) is 11.3. The number of aromatic amines is 1. The number of nitrogens with two attached hydrogens (primary N) is 1. The van der Waals surface area contributed by atoms with Gasteiger partial charge in [0.2, 0.25) is 23.6 Å². The summed E-state index contributed by atoms with van der Waals surface area (Å²) in [4.78, 5) is 71.4. The van der Waals surface area contributed by atoms with Crippen molar-refractivity contribution in [3.05, 3.63) is 48.0 Å². The lowest BCUT2D eigenvalue weighted by atomic mass is 10.0. The molecule has 1 fully saturated rings. The van der Waals surface area contributed by atoms with Crippen LogP contribution in [0.2, 0.25) is 0 Å². The predicted octanol–water partition coefficient (Wildman–Crippen LogP) is -3.26. The molecule has 5 atom stereocenters. The number of aromatic nitrogens is 2. The lowest BCUT2D eigenvalue weighted by Crippen LogP contribution is -2.59. The Morgan fingerprint density at radius 3 is 2.24 bits per heavy atom. The lowest BCUT2D eigenvalue weighted by Gasteiger charge is -2.30. The largest absolute Gasteiger partial charge is 0.508 e. The molecule has 228 valence electrons. The second-order valence-corrected chi connectivity index (χ2v) is 9.83. The Balaban J connectivity index is 1.71. The summed E-state index contributed by atoms with van der Waals surface area (Å²) < 4.78 is 0. The van der Waals surface area contributed by atoms with Crippen molar-refractivity contribution in [2.24, 2.45) is 5.73 Å². The van der Waals surface area contributed by atoms with Gasteiger partial charge in [0.1, 0.15) is 29.9 Å². The van der Waals surface area contributed by atoms with Gasteiger partial charge in [-0.05, 0) is 37.0 Å². The highest BCUT2D eigenvalue weighted by Crippen LogP contribution is 2.20. The molecule has 1 aliphatic rings. The number of likely N-dealkylation sites (tertiary alicyclic amines) is 1. The second kappa shape index (κ2) is 14.9. The molecular weight excluding hydrogens is 554 g/mol. The van der Waals surface area contributed by atoms with Crippen LogP contribution in [0, 0.1) is 0 Å². The Morgan fingerprint density at radius 1 is 0.976 bits per heavy atom. The van der Waals surface area contributed by atoms with Crippen LogP contribution >= 0.6 is 0 Å². The molecule has 0 saturated carbocycles. The molecule has 2 heterocycles. The number of nitrogens with one attached hydrogen (secondary N) is 4. The molecule has 16 heteroatoms. The molecule has 1 aromatic heterocycles. The first-order chi connectivity index (χ1) is 20.0. The van der Waals surface area contributed by atoms with Crippen LogP contribution in [0.4, 0.5) is 0 Å². The molecule has 4 amide bonds. The van der Waals surface area contributed by atoms with Gasteiger partial charge < -0.3 is 52.0 Å². The van der Waals surface area contributed by atoms with Gasteiger partial charge in [-0.3, -0.25) is 19.2 Å². The highest BCUT2D eigenvalue weighted by molar-refractivity contribution is 5.96. The van der Waals surface area contributed by atoms with Crippen molar-refractivity contribution < 1.29 is 44.4 Å². The Morgan fingerprint density at radius 2 is 1.64 bits per heavy atom. The van der Waals surface area contributed by atoms with Gasteiger partial charge in [-0.1, -0.05) is 12.1 Å². The number of benzene rings is 1. The van der Waals surface area contributed by atoms with Crippen molar-refractivity contribution in [2.45, 2.75) is 55.9 Å². The number of carboxylic acid groups (broad SMARTS) is 1. The fourth-order valence-electron chi connectivity index (χ4n) is 4.50. The van der Waals surface area contributed by atoms with Crippen LogP contribution < -0.4 is 21.7 Å². The quantitative estimate of drug-likeness (QED) is 0.106. The fourth-order valence-corrected chi connectivity index (χ4v) is 4.50. The number of carbonyl (C=O) groups excluding carboxylic acids is 4. The number of aromatic hydroxyl groups is 1. The number of aliphatic carboxylic acids is 1. The van der Waals surface area contributed by atoms with Crippen LogP contribution in [-0.2, 0) is 36.8 Å². The molecule has 0 spiro atoms. The highest BCUT2D eigenvalue weighted by atomic mass is 16.4. The maximum Gasteiger partial charge on any atom is 0.328 e. The molecule has 0 aliphatic carbocycles. The second-order valence-electron chi connectivity index (χ2n) is 9.83. The number of amides is 4.